The fourth-order valence-corrected chi connectivity index (χ4v) is 2.66. The molecule has 0 aromatic carbocycles. The fraction of sp³-hybridized carbons (Fsp3) is 0.375. The Labute approximate surface area is 99.8 Å². The van der Waals surface area contributed by atoms with Crippen molar-refractivity contribution < 1.29 is 4.79 Å². The summed E-state index contributed by atoms with van der Waals surface area (Å²) < 4.78 is 1.66. The van der Waals surface area contributed by atoms with Gasteiger partial charge in [0.25, 0.3) is 0 Å². The van der Waals surface area contributed by atoms with Crippen LogP contribution in [0, 0.1) is 0 Å². The first-order valence-electron chi connectivity index (χ1n) is 4.02. The van der Waals surface area contributed by atoms with E-state index in [1.54, 1.807) is 0 Å². The van der Waals surface area contributed by atoms with E-state index in [4.69, 9.17) is 17.3 Å². The number of nitrogens with one attached hydrogen (secondary N) is 1. The molecular weight excluding hydrogens is 288 g/mol. The minimum Gasteiger partial charge on any atom is -0.370 e. The molecule has 0 saturated carbocycles. The Bertz CT molecular complexity index is 310. The quantitative estimate of drug-likeness (QED) is 0.818. The summed E-state index contributed by atoms with van der Waals surface area (Å²) in [6.07, 6.45) is 0.361. The third kappa shape index (κ3) is 3.96. The molecule has 1 rings (SSSR count). The van der Waals surface area contributed by atoms with Crippen LogP contribution in [0.4, 0.5) is 0 Å². The summed E-state index contributed by atoms with van der Waals surface area (Å²) in [6.45, 7) is 1.31. The van der Waals surface area contributed by atoms with E-state index in [2.05, 4.69) is 21.2 Å². The molecule has 0 atom stereocenters. The van der Waals surface area contributed by atoms with E-state index in [0.29, 0.717) is 19.5 Å². The van der Waals surface area contributed by atoms with Crippen LogP contribution in [0.1, 0.15) is 11.3 Å². The van der Waals surface area contributed by atoms with Crippen LogP contribution in [-0.4, -0.2) is 12.5 Å². The average molecular weight is 298 g/mol. The second kappa shape index (κ2) is 5.70. The number of amides is 1. The lowest BCUT2D eigenvalue weighted by Gasteiger charge is -1.99. The molecule has 0 saturated heterocycles. The molecule has 1 heterocycles. The Kier molecular flexibility index (Phi) is 4.88. The maximum absolute atomic E-state index is 10.4. The lowest BCUT2D eigenvalue weighted by atomic mass is 10.4. The number of carbonyl (C=O) groups is 1. The van der Waals surface area contributed by atoms with Gasteiger partial charge in [0, 0.05) is 28.9 Å². The van der Waals surface area contributed by atoms with Gasteiger partial charge in [0.1, 0.15) is 4.34 Å². The van der Waals surface area contributed by atoms with E-state index in [-0.39, 0.29) is 5.91 Å². The Morgan fingerprint density at radius 3 is 2.93 bits per heavy atom. The van der Waals surface area contributed by atoms with Crippen LogP contribution >= 0.6 is 38.9 Å². The number of halogens is 2. The van der Waals surface area contributed by atoms with Gasteiger partial charge in [0.2, 0.25) is 5.91 Å². The molecule has 0 fully saturated rings. The normalized spacial score (nSPS) is 10.4. The minimum absolute atomic E-state index is 0.289. The molecule has 78 valence electrons. The van der Waals surface area contributed by atoms with Crippen molar-refractivity contribution in [1.29, 1.82) is 0 Å². The van der Waals surface area contributed by atoms with Crippen LogP contribution in [-0.2, 0) is 11.3 Å². The first-order valence-corrected chi connectivity index (χ1v) is 6.01. The zero-order valence-electron chi connectivity index (χ0n) is 7.35. The number of carbonyl (C=O) groups excluding carboxylic acids is 1. The molecule has 1 aromatic heterocycles. The highest BCUT2D eigenvalue weighted by molar-refractivity contribution is 9.10. The number of nitrogens with two attached hydrogens (primary N) is 1. The predicted octanol–water partition coefficient (Wildman–Crippen LogP) is 2.13. The summed E-state index contributed by atoms with van der Waals surface area (Å²) in [6, 6.07) is 1.96. The standard InChI is InChI=1S/C8H10BrClN2OS/c9-6-3-5(14-8(6)10)4-12-2-1-7(11)13/h3,12H,1-2,4H2,(H2,11,13). The third-order valence-corrected chi connectivity index (χ3v) is 4.02. The Morgan fingerprint density at radius 2 is 2.43 bits per heavy atom. The summed E-state index contributed by atoms with van der Waals surface area (Å²) in [5.74, 6) is -0.289. The Balaban J connectivity index is 2.28. The number of hydrogen-bond acceptors (Lipinski definition) is 3. The summed E-state index contributed by atoms with van der Waals surface area (Å²) in [4.78, 5) is 11.6. The number of thiophene rings is 1. The largest absolute Gasteiger partial charge is 0.370 e. The molecule has 1 aromatic rings. The summed E-state index contributed by atoms with van der Waals surface area (Å²) in [5, 5.41) is 3.10. The van der Waals surface area contributed by atoms with Gasteiger partial charge < -0.3 is 11.1 Å². The van der Waals surface area contributed by atoms with E-state index in [0.717, 1.165) is 13.7 Å². The van der Waals surface area contributed by atoms with Crippen LogP contribution in [0.2, 0.25) is 4.34 Å². The van der Waals surface area contributed by atoms with Crippen LogP contribution in [0.15, 0.2) is 10.5 Å². The monoisotopic (exact) mass is 296 g/mol. The Hall–Kier alpha value is -0.100. The van der Waals surface area contributed by atoms with Crippen molar-refractivity contribution in [2.45, 2.75) is 13.0 Å². The first-order chi connectivity index (χ1) is 6.59. The summed E-state index contributed by atoms with van der Waals surface area (Å²) in [5.41, 5.74) is 5.00. The first kappa shape index (κ1) is 12.0. The molecule has 0 aliphatic heterocycles. The van der Waals surface area contributed by atoms with Gasteiger partial charge in [0.15, 0.2) is 0 Å². The Morgan fingerprint density at radius 1 is 1.71 bits per heavy atom. The molecular formula is C8H10BrClN2OS. The highest BCUT2D eigenvalue weighted by atomic mass is 79.9. The molecule has 1 amide bonds. The van der Waals surface area contributed by atoms with E-state index < -0.39 is 0 Å². The van der Waals surface area contributed by atoms with E-state index in [1.807, 2.05) is 6.07 Å². The minimum atomic E-state index is -0.289. The maximum atomic E-state index is 10.4. The second-order valence-corrected chi connectivity index (χ2v) is 5.32. The fourth-order valence-electron chi connectivity index (χ4n) is 0.902. The van der Waals surface area contributed by atoms with Crippen LogP contribution in [0.3, 0.4) is 0 Å². The molecule has 0 unspecified atom stereocenters. The second-order valence-electron chi connectivity index (χ2n) is 2.73. The maximum Gasteiger partial charge on any atom is 0.218 e. The van der Waals surface area contributed by atoms with Gasteiger partial charge in [-0.05, 0) is 22.0 Å². The number of rotatable bonds is 5. The SMILES string of the molecule is NC(=O)CCNCc1cc(Br)c(Cl)s1. The predicted molar refractivity (Wildman–Crippen MR) is 62.5 cm³/mol. The van der Waals surface area contributed by atoms with Gasteiger partial charge in [-0.3, -0.25) is 4.79 Å². The van der Waals surface area contributed by atoms with Gasteiger partial charge >= 0.3 is 0 Å². The van der Waals surface area contributed by atoms with Crippen molar-refractivity contribution in [3.8, 4) is 0 Å². The van der Waals surface area contributed by atoms with Gasteiger partial charge in [-0.1, -0.05) is 11.6 Å². The van der Waals surface area contributed by atoms with Gasteiger partial charge in [-0.2, -0.15) is 0 Å². The van der Waals surface area contributed by atoms with Gasteiger partial charge in [-0.15, -0.1) is 11.3 Å². The summed E-state index contributed by atoms with van der Waals surface area (Å²) in [7, 11) is 0. The topological polar surface area (TPSA) is 55.1 Å². The summed E-state index contributed by atoms with van der Waals surface area (Å²) >= 11 is 10.7. The molecule has 3 nitrogen and oxygen atoms in total. The van der Waals surface area contributed by atoms with Crippen molar-refractivity contribution in [3.63, 3.8) is 0 Å². The molecule has 6 heteroatoms. The van der Waals surface area contributed by atoms with E-state index in [9.17, 15) is 4.79 Å². The molecule has 0 spiro atoms. The highest BCUT2D eigenvalue weighted by Crippen LogP contribution is 2.31. The van der Waals surface area contributed by atoms with Crippen molar-refractivity contribution in [2.75, 3.05) is 6.54 Å². The van der Waals surface area contributed by atoms with Crippen molar-refractivity contribution in [3.05, 3.63) is 19.8 Å². The van der Waals surface area contributed by atoms with Gasteiger partial charge in [0.05, 0.1) is 0 Å². The molecule has 14 heavy (non-hydrogen) atoms. The van der Waals surface area contributed by atoms with Crippen LogP contribution in [0.25, 0.3) is 0 Å². The molecule has 3 N–H and O–H groups in total. The van der Waals surface area contributed by atoms with Gasteiger partial charge in [-0.25, -0.2) is 0 Å². The van der Waals surface area contributed by atoms with Crippen molar-refractivity contribution in [2.24, 2.45) is 5.73 Å². The number of hydrogen-bond donors (Lipinski definition) is 2. The zero-order valence-corrected chi connectivity index (χ0v) is 10.5. The van der Waals surface area contributed by atoms with E-state index >= 15 is 0 Å². The number of primary amides is 1. The van der Waals surface area contributed by atoms with Crippen molar-refractivity contribution in [1.82, 2.24) is 5.32 Å². The lowest BCUT2D eigenvalue weighted by molar-refractivity contribution is -0.117. The zero-order chi connectivity index (χ0) is 10.6. The smallest absolute Gasteiger partial charge is 0.218 e. The third-order valence-electron chi connectivity index (χ3n) is 1.54. The average Bonchev–Trinajstić information content (AvgIpc) is 2.40. The van der Waals surface area contributed by atoms with E-state index in [1.165, 1.54) is 11.3 Å². The lowest BCUT2D eigenvalue weighted by Crippen LogP contribution is -2.21. The molecule has 0 aliphatic carbocycles. The van der Waals surface area contributed by atoms with Crippen LogP contribution < -0.4 is 11.1 Å². The van der Waals surface area contributed by atoms with Crippen LogP contribution in [0.5, 0.6) is 0 Å². The highest BCUT2D eigenvalue weighted by Gasteiger charge is 2.03. The van der Waals surface area contributed by atoms with Crippen molar-refractivity contribution >= 4 is 44.8 Å². The molecule has 0 aliphatic rings. The molecule has 0 bridgehead atoms. The molecule has 0 radical (unpaired) electrons.